The van der Waals surface area contributed by atoms with Gasteiger partial charge in [-0.15, -0.1) is 0 Å². The summed E-state index contributed by atoms with van der Waals surface area (Å²) < 4.78 is 5.26. The molecule has 1 unspecified atom stereocenters. The fourth-order valence-electron chi connectivity index (χ4n) is 1.65. The quantitative estimate of drug-likeness (QED) is 0.758. The van der Waals surface area contributed by atoms with Crippen LogP contribution in [-0.4, -0.2) is 23.2 Å². The number of hydrogen-bond acceptors (Lipinski definition) is 3. The Hall–Kier alpha value is -1.16. The van der Waals surface area contributed by atoms with Crippen LogP contribution in [0.25, 0.3) is 0 Å². The molecular formula is C10H14N2O2. The highest BCUT2D eigenvalue weighted by Crippen LogP contribution is 2.21. The van der Waals surface area contributed by atoms with Crippen molar-refractivity contribution in [1.29, 1.82) is 0 Å². The van der Waals surface area contributed by atoms with Crippen LogP contribution < -0.4 is 5.56 Å². The normalized spacial score (nSPS) is 21.4. The van der Waals surface area contributed by atoms with Crippen molar-refractivity contribution in [1.82, 2.24) is 9.97 Å². The molecule has 1 fully saturated rings. The molecule has 1 saturated heterocycles. The maximum absolute atomic E-state index is 11.3. The summed E-state index contributed by atoms with van der Waals surface area (Å²) in [4.78, 5) is 18.5. The molecule has 14 heavy (non-hydrogen) atoms. The second-order valence-corrected chi connectivity index (χ2v) is 3.54. The van der Waals surface area contributed by atoms with Gasteiger partial charge in [0.2, 0.25) is 0 Å². The van der Waals surface area contributed by atoms with Gasteiger partial charge in [0, 0.05) is 24.3 Å². The summed E-state index contributed by atoms with van der Waals surface area (Å²) in [6.07, 6.45) is 1.75. The molecule has 0 amide bonds. The molecule has 1 aliphatic heterocycles. The lowest BCUT2D eigenvalue weighted by atomic mass is 10.1. The molecule has 4 nitrogen and oxygen atoms in total. The average Bonchev–Trinajstić information content (AvgIpc) is 2.69. The maximum Gasteiger partial charge on any atom is 0.251 e. The number of ether oxygens (including phenoxy) is 1. The van der Waals surface area contributed by atoms with Gasteiger partial charge in [-0.05, 0) is 12.8 Å². The van der Waals surface area contributed by atoms with Crippen LogP contribution in [-0.2, 0) is 11.2 Å². The van der Waals surface area contributed by atoms with Gasteiger partial charge in [-0.25, -0.2) is 4.98 Å². The van der Waals surface area contributed by atoms with Crippen molar-refractivity contribution < 1.29 is 4.74 Å². The number of hydrogen-bond donors (Lipinski definition) is 1. The predicted molar refractivity (Wildman–Crippen MR) is 52.4 cm³/mol. The van der Waals surface area contributed by atoms with Crippen molar-refractivity contribution in [3.05, 3.63) is 27.9 Å². The Balaban J connectivity index is 2.32. The second kappa shape index (κ2) is 3.92. The van der Waals surface area contributed by atoms with Gasteiger partial charge < -0.3 is 9.72 Å². The van der Waals surface area contributed by atoms with E-state index in [9.17, 15) is 4.79 Å². The summed E-state index contributed by atoms with van der Waals surface area (Å²) >= 11 is 0. The third-order valence-corrected chi connectivity index (χ3v) is 2.49. The summed E-state index contributed by atoms with van der Waals surface area (Å²) in [5, 5.41) is 0. The lowest BCUT2D eigenvalue weighted by molar-refractivity contribution is 0.193. The molecule has 1 aromatic heterocycles. The molecule has 1 atom stereocenters. The molecule has 4 heteroatoms. The van der Waals surface area contributed by atoms with Crippen LogP contribution in [0.5, 0.6) is 0 Å². The van der Waals surface area contributed by atoms with Crippen molar-refractivity contribution in [2.24, 2.45) is 0 Å². The molecule has 2 heterocycles. The van der Waals surface area contributed by atoms with Crippen LogP contribution in [0.3, 0.4) is 0 Å². The molecule has 0 saturated carbocycles. The number of rotatable bonds is 2. The van der Waals surface area contributed by atoms with Crippen molar-refractivity contribution in [3.63, 3.8) is 0 Å². The SMILES string of the molecule is CCc1cc(=O)[nH]c(C2CCOC2)n1. The van der Waals surface area contributed by atoms with Gasteiger partial charge in [-0.1, -0.05) is 6.92 Å². The summed E-state index contributed by atoms with van der Waals surface area (Å²) in [6, 6.07) is 1.55. The predicted octanol–water partition coefficient (Wildman–Crippen LogP) is 0.836. The minimum absolute atomic E-state index is 0.0567. The lowest BCUT2D eigenvalue weighted by Gasteiger charge is -2.07. The monoisotopic (exact) mass is 194 g/mol. The third kappa shape index (κ3) is 1.85. The molecule has 76 valence electrons. The molecule has 0 spiro atoms. The molecule has 2 rings (SSSR count). The fraction of sp³-hybridized carbons (Fsp3) is 0.600. The van der Waals surface area contributed by atoms with E-state index in [1.807, 2.05) is 6.92 Å². The fourth-order valence-corrected chi connectivity index (χ4v) is 1.65. The van der Waals surface area contributed by atoms with E-state index in [0.29, 0.717) is 6.61 Å². The minimum atomic E-state index is -0.0567. The first kappa shape index (κ1) is 9.40. The Morgan fingerprint density at radius 3 is 3.21 bits per heavy atom. The van der Waals surface area contributed by atoms with Gasteiger partial charge in [-0.3, -0.25) is 4.79 Å². The first-order chi connectivity index (χ1) is 6.79. The van der Waals surface area contributed by atoms with Crippen LogP contribution in [0.2, 0.25) is 0 Å². The Kier molecular flexibility index (Phi) is 2.63. The van der Waals surface area contributed by atoms with E-state index in [2.05, 4.69) is 9.97 Å². The number of aromatic nitrogens is 2. The Labute approximate surface area is 82.3 Å². The average molecular weight is 194 g/mol. The number of H-pyrrole nitrogens is 1. The Morgan fingerprint density at radius 2 is 2.57 bits per heavy atom. The van der Waals surface area contributed by atoms with Crippen LogP contribution in [0.4, 0.5) is 0 Å². The molecular weight excluding hydrogens is 180 g/mol. The van der Waals surface area contributed by atoms with E-state index >= 15 is 0 Å². The smallest absolute Gasteiger partial charge is 0.251 e. The van der Waals surface area contributed by atoms with E-state index in [0.717, 1.165) is 31.0 Å². The Bertz CT molecular complexity index is 367. The highest BCUT2D eigenvalue weighted by atomic mass is 16.5. The van der Waals surface area contributed by atoms with Gasteiger partial charge >= 0.3 is 0 Å². The van der Waals surface area contributed by atoms with E-state index in [-0.39, 0.29) is 11.5 Å². The zero-order valence-electron chi connectivity index (χ0n) is 8.25. The summed E-state index contributed by atoms with van der Waals surface area (Å²) in [7, 11) is 0. The van der Waals surface area contributed by atoms with Gasteiger partial charge in [0.05, 0.1) is 6.61 Å². The van der Waals surface area contributed by atoms with Crippen molar-refractivity contribution in [3.8, 4) is 0 Å². The van der Waals surface area contributed by atoms with Crippen LogP contribution >= 0.6 is 0 Å². The van der Waals surface area contributed by atoms with Crippen molar-refractivity contribution >= 4 is 0 Å². The molecule has 0 aromatic carbocycles. The van der Waals surface area contributed by atoms with Gasteiger partial charge in [0.15, 0.2) is 0 Å². The molecule has 1 aliphatic rings. The number of aryl methyl sites for hydroxylation is 1. The third-order valence-electron chi connectivity index (χ3n) is 2.49. The van der Waals surface area contributed by atoms with Gasteiger partial charge in [0.25, 0.3) is 5.56 Å². The van der Waals surface area contributed by atoms with Gasteiger partial charge in [-0.2, -0.15) is 0 Å². The minimum Gasteiger partial charge on any atom is -0.381 e. The van der Waals surface area contributed by atoms with E-state index in [1.54, 1.807) is 6.07 Å². The van der Waals surface area contributed by atoms with Crippen LogP contribution in [0.15, 0.2) is 10.9 Å². The van der Waals surface area contributed by atoms with Crippen molar-refractivity contribution in [2.45, 2.75) is 25.7 Å². The Morgan fingerprint density at radius 1 is 1.71 bits per heavy atom. The van der Waals surface area contributed by atoms with Crippen LogP contribution in [0, 0.1) is 0 Å². The summed E-state index contributed by atoms with van der Waals surface area (Å²) in [5.41, 5.74) is 0.800. The molecule has 1 aromatic rings. The molecule has 0 radical (unpaired) electrons. The summed E-state index contributed by atoms with van der Waals surface area (Å²) in [5.74, 6) is 1.06. The van der Waals surface area contributed by atoms with Crippen LogP contribution in [0.1, 0.15) is 30.8 Å². The molecule has 0 aliphatic carbocycles. The van der Waals surface area contributed by atoms with E-state index < -0.39 is 0 Å². The lowest BCUT2D eigenvalue weighted by Crippen LogP contribution is -2.15. The highest BCUT2D eigenvalue weighted by Gasteiger charge is 2.20. The highest BCUT2D eigenvalue weighted by molar-refractivity contribution is 5.06. The van der Waals surface area contributed by atoms with E-state index in [4.69, 9.17) is 4.74 Å². The first-order valence-corrected chi connectivity index (χ1v) is 4.97. The molecule has 0 bridgehead atoms. The van der Waals surface area contributed by atoms with Crippen molar-refractivity contribution in [2.75, 3.05) is 13.2 Å². The largest absolute Gasteiger partial charge is 0.381 e. The number of nitrogens with zero attached hydrogens (tertiary/aromatic N) is 1. The molecule has 1 N–H and O–H groups in total. The second-order valence-electron chi connectivity index (χ2n) is 3.54. The number of nitrogens with one attached hydrogen (secondary N) is 1. The van der Waals surface area contributed by atoms with E-state index in [1.165, 1.54) is 0 Å². The van der Waals surface area contributed by atoms with Gasteiger partial charge in [0.1, 0.15) is 5.82 Å². The number of aromatic amines is 1. The standard InChI is InChI=1S/C10H14N2O2/c1-2-8-5-9(13)12-10(11-8)7-3-4-14-6-7/h5,7H,2-4,6H2,1H3,(H,11,12,13). The maximum atomic E-state index is 11.3. The topological polar surface area (TPSA) is 55.0 Å². The zero-order chi connectivity index (χ0) is 9.97. The first-order valence-electron chi connectivity index (χ1n) is 4.97. The summed E-state index contributed by atoms with van der Waals surface area (Å²) in [6.45, 7) is 3.44. The zero-order valence-corrected chi connectivity index (χ0v) is 8.25.